The molecule has 1 aliphatic heterocycles. The molecule has 0 amide bonds. The molecule has 0 aromatic rings. The number of carboxylic acids is 1. The number of carbonyl (C=O) groups is 1. The molecule has 0 aromatic carbocycles. The summed E-state index contributed by atoms with van der Waals surface area (Å²) in [4.78, 5) is 10.4. The zero-order valence-electron chi connectivity index (χ0n) is 14.4. The predicted octanol–water partition coefficient (Wildman–Crippen LogP) is 5.65. The fraction of sp³-hybridized carbons (Fsp3) is 0.737. The normalized spacial score (nSPS) is 21.6. The van der Waals surface area contributed by atoms with E-state index in [2.05, 4.69) is 42.6 Å². The molecule has 0 spiro atoms. The van der Waals surface area contributed by atoms with Crippen LogP contribution in [0.4, 0.5) is 0 Å². The van der Waals surface area contributed by atoms with E-state index in [0.29, 0.717) is 0 Å². The van der Waals surface area contributed by atoms with E-state index < -0.39 is 5.97 Å². The van der Waals surface area contributed by atoms with Crippen LogP contribution in [0.5, 0.6) is 0 Å². The number of rotatable bonds is 13. The first-order valence-corrected chi connectivity index (χ1v) is 11.2. The highest BCUT2D eigenvalue weighted by Gasteiger charge is 2.26. The lowest BCUT2D eigenvalue weighted by Crippen LogP contribution is -2.12. The summed E-state index contributed by atoms with van der Waals surface area (Å²) in [6.45, 7) is 2.27. The first-order chi connectivity index (χ1) is 11.2. The van der Waals surface area contributed by atoms with Crippen LogP contribution in [-0.4, -0.2) is 34.1 Å². The van der Waals surface area contributed by atoms with Crippen LogP contribution in [-0.2, 0) is 4.79 Å². The Morgan fingerprint density at radius 2 is 1.96 bits per heavy atom. The maximum atomic E-state index is 10.4. The molecule has 0 bridgehead atoms. The third kappa shape index (κ3) is 10.9. The SMILES string of the molecule is CCCCCCSCC[C@@H]1CSC[C@@H]1CC=CC/C=C\C(=O)O. The minimum Gasteiger partial charge on any atom is -0.478 e. The van der Waals surface area contributed by atoms with Gasteiger partial charge in [-0.2, -0.15) is 23.5 Å². The second-order valence-electron chi connectivity index (χ2n) is 6.20. The molecule has 0 aliphatic carbocycles. The van der Waals surface area contributed by atoms with E-state index >= 15 is 0 Å². The standard InChI is InChI=1S/C19H32O2S2/c1-2-3-4-9-13-22-14-12-18-16-23-15-17(18)10-7-5-6-8-11-19(20)21/h5,7-8,11,17-18H,2-4,6,9-10,12-16H2,1H3,(H,20,21)/b7-5?,11-8-/t17-,18+/m0/s1. The Morgan fingerprint density at radius 3 is 2.74 bits per heavy atom. The van der Waals surface area contributed by atoms with Gasteiger partial charge in [0.25, 0.3) is 0 Å². The van der Waals surface area contributed by atoms with Gasteiger partial charge in [-0.1, -0.05) is 44.4 Å². The van der Waals surface area contributed by atoms with Crippen LogP contribution in [0.25, 0.3) is 0 Å². The van der Waals surface area contributed by atoms with Gasteiger partial charge >= 0.3 is 5.97 Å². The van der Waals surface area contributed by atoms with E-state index in [1.165, 1.54) is 61.2 Å². The van der Waals surface area contributed by atoms with Crippen molar-refractivity contribution in [2.75, 3.05) is 23.0 Å². The quantitative estimate of drug-likeness (QED) is 0.263. The molecule has 1 heterocycles. The highest BCUT2D eigenvalue weighted by atomic mass is 32.2. The van der Waals surface area contributed by atoms with E-state index in [1.54, 1.807) is 6.08 Å². The molecule has 4 heteroatoms. The monoisotopic (exact) mass is 356 g/mol. The molecule has 0 unspecified atom stereocenters. The van der Waals surface area contributed by atoms with Crippen molar-refractivity contribution in [3.63, 3.8) is 0 Å². The molecule has 0 aromatic heterocycles. The first kappa shape index (κ1) is 20.7. The van der Waals surface area contributed by atoms with Gasteiger partial charge in [0.1, 0.15) is 0 Å². The van der Waals surface area contributed by atoms with E-state index in [4.69, 9.17) is 5.11 Å². The van der Waals surface area contributed by atoms with E-state index in [9.17, 15) is 4.79 Å². The topological polar surface area (TPSA) is 37.3 Å². The Kier molecular flexibility index (Phi) is 12.6. The molecule has 1 aliphatic rings. The van der Waals surface area contributed by atoms with Crippen LogP contribution < -0.4 is 0 Å². The van der Waals surface area contributed by atoms with Gasteiger partial charge in [0, 0.05) is 6.08 Å². The Hall–Kier alpha value is -0.350. The number of thioether (sulfide) groups is 2. The van der Waals surface area contributed by atoms with Gasteiger partial charge in [-0.05, 0) is 60.5 Å². The Bertz CT molecular complexity index is 366. The molecule has 0 saturated carbocycles. The lowest BCUT2D eigenvalue weighted by atomic mass is 9.90. The van der Waals surface area contributed by atoms with Crippen molar-refractivity contribution in [1.29, 1.82) is 0 Å². The lowest BCUT2D eigenvalue weighted by molar-refractivity contribution is -0.131. The maximum absolute atomic E-state index is 10.4. The molecule has 1 rings (SSSR count). The third-order valence-corrected chi connectivity index (χ3v) is 6.67. The van der Waals surface area contributed by atoms with Crippen molar-refractivity contribution in [1.82, 2.24) is 0 Å². The average Bonchev–Trinajstić information content (AvgIpc) is 2.97. The molecule has 2 nitrogen and oxygen atoms in total. The number of hydrogen-bond donors (Lipinski definition) is 1. The van der Waals surface area contributed by atoms with E-state index in [0.717, 1.165) is 24.7 Å². The number of unbranched alkanes of at least 4 members (excludes halogenated alkanes) is 3. The number of allylic oxidation sites excluding steroid dienone is 3. The Labute approximate surface area is 150 Å². The Balaban J connectivity index is 2.09. The van der Waals surface area contributed by atoms with Gasteiger partial charge in [0.05, 0.1) is 0 Å². The number of hydrogen-bond acceptors (Lipinski definition) is 3. The molecule has 132 valence electrons. The summed E-state index contributed by atoms with van der Waals surface area (Å²) < 4.78 is 0. The fourth-order valence-corrected chi connectivity index (χ4v) is 5.48. The van der Waals surface area contributed by atoms with Crippen molar-refractivity contribution in [2.24, 2.45) is 11.8 Å². The first-order valence-electron chi connectivity index (χ1n) is 8.94. The molecule has 1 fully saturated rings. The lowest BCUT2D eigenvalue weighted by Gasteiger charge is -2.16. The second-order valence-corrected chi connectivity index (χ2v) is 8.50. The van der Waals surface area contributed by atoms with Crippen molar-refractivity contribution in [2.45, 2.75) is 51.9 Å². The highest BCUT2D eigenvalue weighted by Crippen LogP contribution is 2.35. The van der Waals surface area contributed by atoms with Crippen LogP contribution in [0.3, 0.4) is 0 Å². The van der Waals surface area contributed by atoms with Crippen molar-refractivity contribution in [3.05, 3.63) is 24.3 Å². The second kappa shape index (κ2) is 14.0. The van der Waals surface area contributed by atoms with Crippen molar-refractivity contribution < 1.29 is 9.90 Å². The van der Waals surface area contributed by atoms with Crippen LogP contribution in [0.1, 0.15) is 51.9 Å². The van der Waals surface area contributed by atoms with Crippen LogP contribution in [0.15, 0.2) is 24.3 Å². The van der Waals surface area contributed by atoms with Crippen LogP contribution >= 0.6 is 23.5 Å². The van der Waals surface area contributed by atoms with Crippen LogP contribution in [0.2, 0.25) is 0 Å². The molecule has 2 atom stereocenters. The van der Waals surface area contributed by atoms with Gasteiger partial charge in [0.15, 0.2) is 0 Å². The fourth-order valence-electron chi connectivity index (χ4n) is 2.80. The average molecular weight is 357 g/mol. The molecular weight excluding hydrogens is 324 g/mol. The minimum atomic E-state index is -0.863. The van der Waals surface area contributed by atoms with Gasteiger partial charge in [-0.15, -0.1) is 0 Å². The van der Waals surface area contributed by atoms with E-state index in [-0.39, 0.29) is 0 Å². The van der Waals surface area contributed by atoms with Crippen molar-refractivity contribution >= 4 is 29.5 Å². The highest BCUT2D eigenvalue weighted by molar-refractivity contribution is 7.99. The Morgan fingerprint density at radius 1 is 1.13 bits per heavy atom. The largest absolute Gasteiger partial charge is 0.478 e. The zero-order chi connectivity index (χ0) is 16.8. The van der Waals surface area contributed by atoms with Gasteiger partial charge in [-0.3, -0.25) is 0 Å². The smallest absolute Gasteiger partial charge is 0.327 e. The molecular formula is C19H32O2S2. The van der Waals surface area contributed by atoms with Gasteiger partial charge in [-0.25, -0.2) is 4.79 Å². The summed E-state index contributed by atoms with van der Waals surface area (Å²) in [5.41, 5.74) is 0. The van der Waals surface area contributed by atoms with Gasteiger partial charge in [0.2, 0.25) is 0 Å². The predicted molar refractivity (Wildman–Crippen MR) is 106 cm³/mol. The van der Waals surface area contributed by atoms with E-state index in [1.807, 2.05) is 0 Å². The summed E-state index contributed by atoms with van der Waals surface area (Å²) in [5, 5.41) is 8.52. The number of carboxylic acid groups (broad SMARTS) is 1. The summed E-state index contributed by atoms with van der Waals surface area (Å²) >= 11 is 4.24. The third-order valence-electron chi connectivity index (χ3n) is 4.24. The zero-order valence-corrected chi connectivity index (χ0v) is 16.0. The number of aliphatic carboxylic acids is 1. The molecule has 1 N–H and O–H groups in total. The summed E-state index contributed by atoms with van der Waals surface area (Å²) in [6.07, 6.45) is 16.0. The summed E-state index contributed by atoms with van der Waals surface area (Å²) in [7, 11) is 0. The minimum absolute atomic E-state index is 0.727. The van der Waals surface area contributed by atoms with Gasteiger partial charge < -0.3 is 5.11 Å². The summed E-state index contributed by atoms with van der Waals surface area (Å²) in [5.74, 6) is 6.11. The molecule has 1 saturated heterocycles. The summed E-state index contributed by atoms with van der Waals surface area (Å²) in [6, 6.07) is 0. The molecule has 0 radical (unpaired) electrons. The van der Waals surface area contributed by atoms with Crippen LogP contribution in [0, 0.1) is 11.8 Å². The maximum Gasteiger partial charge on any atom is 0.327 e. The van der Waals surface area contributed by atoms with Crippen molar-refractivity contribution in [3.8, 4) is 0 Å². The molecule has 23 heavy (non-hydrogen) atoms.